The molecule has 1 amide bonds. The maximum atomic E-state index is 11.4. The zero-order valence-corrected chi connectivity index (χ0v) is 10.6. The minimum atomic E-state index is -0.162. The van der Waals surface area contributed by atoms with Gasteiger partial charge in [0, 0.05) is 12.6 Å². The van der Waals surface area contributed by atoms with E-state index in [1.807, 2.05) is 6.07 Å². The van der Waals surface area contributed by atoms with Gasteiger partial charge in [0.05, 0.1) is 14.2 Å². The molecule has 0 aliphatic carbocycles. The third kappa shape index (κ3) is 3.97. The van der Waals surface area contributed by atoms with Crippen LogP contribution in [0.2, 0.25) is 0 Å². The molecule has 0 bridgehead atoms. The van der Waals surface area contributed by atoms with Crippen molar-refractivity contribution in [2.45, 2.75) is 0 Å². The molecule has 0 saturated heterocycles. The van der Waals surface area contributed by atoms with Gasteiger partial charge >= 0.3 is 0 Å². The van der Waals surface area contributed by atoms with Gasteiger partial charge in [-0.1, -0.05) is 12.1 Å². The highest BCUT2D eigenvalue weighted by Crippen LogP contribution is 2.27. The number of benzene rings is 1. The molecule has 1 N–H and O–H groups in total. The summed E-state index contributed by atoms with van der Waals surface area (Å²) in [6, 6.07) is 5.44. The second kappa shape index (κ2) is 7.17. The van der Waals surface area contributed by atoms with Crippen LogP contribution in [-0.2, 0) is 4.79 Å². The van der Waals surface area contributed by atoms with E-state index in [1.165, 1.54) is 6.08 Å². The molecule has 0 aliphatic heterocycles. The Morgan fingerprint density at radius 3 is 2.67 bits per heavy atom. The fourth-order valence-corrected chi connectivity index (χ4v) is 1.36. The number of carbonyl (C=O) groups excluding carboxylic acids is 1. The largest absolute Gasteiger partial charge is 0.493 e. The van der Waals surface area contributed by atoms with E-state index in [1.54, 1.807) is 38.5 Å². The Morgan fingerprint density at radius 2 is 2.06 bits per heavy atom. The Labute approximate surface area is 107 Å². The van der Waals surface area contributed by atoms with Crippen LogP contribution in [0.1, 0.15) is 5.56 Å². The summed E-state index contributed by atoms with van der Waals surface area (Å²) in [5.41, 5.74) is 0.862. The molecule has 4 heteroatoms. The first-order valence-corrected chi connectivity index (χ1v) is 5.50. The van der Waals surface area contributed by atoms with Crippen molar-refractivity contribution in [3.8, 4) is 11.5 Å². The molecule has 96 valence electrons. The number of rotatable bonds is 6. The molecule has 1 rings (SSSR count). The number of nitrogens with one attached hydrogen (secondary N) is 1. The molecule has 0 aliphatic rings. The smallest absolute Gasteiger partial charge is 0.244 e. The lowest BCUT2D eigenvalue weighted by Gasteiger charge is -2.07. The monoisotopic (exact) mass is 247 g/mol. The summed E-state index contributed by atoms with van der Waals surface area (Å²) in [4.78, 5) is 11.4. The summed E-state index contributed by atoms with van der Waals surface area (Å²) in [6.07, 6.45) is 4.80. The van der Waals surface area contributed by atoms with Gasteiger partial charge in [0.25, 0.3) is 0 Å². The van der Waals surface area contributed by atoms with Crippen LogP contribution in [0, 0.1) is 0 Å². The number of ether oxygens (including phenoxy) is 2. The molecule has 1 aromatic carbocycles. The van der Waals surface area contributed by atoms with Crippen molar-refractivity contribution in [2.75, 3.05) is 20.8 Å². The maximum Gasteiger partial charge on any atom is 0.244 e. The van der Waals surface area contributed by atoms with Gasteiger partial charge < -0.3 is 14.8 Å². The first-order chi connectivity index (χ1) is 8.71. The molecule has 0 radical (unpaired) electrons. The van der Waals surface area contributed by atoms with Gasteiger partial charge in [0.2, 0.25) is 5.91 Å². The Balaban J connectivity index is 2.75. The average Bonchev–Trinajstić information content (AvgIpc) is 2.42. The van der Waals surface area contributed by atoms with Crippen molar-refractivity contribution in [3.63, 3.8) is 0 Å². The molecule has 0 heterocycles. The van der Waals surface area contributed by atoms with Gasteiger partial charge in [-0.05, 0) is 23.8 Å². The van der Waals surface area contributed by atoms with Crippen molar-refractivity contribution >= 4 is 12.0 Å². The lowest BCUT2D eigenvalue weighted by Crippen LogP contribution is -2.20. The molecule has 0 saturated carbocycles. The number of carbonyl (C=O) groups is 1. The van der Waals surface area contributed by atoms with E-state index >= 15 is 0 Å². The Bertz CT molecular complexity index is 452. The van der Waals surface area contributed by atoms with Gasteiger partial charge in [-0.15, -0.1) is 6.58 Å². The molecule has 0 fully saturated rings. The predicted octanol–water partition coefficient (Wildman–Crippen LogP) is 2.02. The van der Waals surface area contributed by atoms with Gasteiger partial charge in [-0.2, -0.15) is 0 Å². The van der Waals surface area contributed by atoms with Gasteiger partial charge in [0.1, 0.15) is 0 Å². The van der Waals surface area contributed by atoms with Crippen molar-refractivity contribution < 1.29 is 14.3 Å². The van der Waals surface area contributed by atoms with Gasteiger partial charge in [-0.25, -0.2) is 0 Å². The summed E-state index contributed by atoms with van der Waals surface area (Å²) in [5, 5.41) is 2.65. The average molecular weight is 247 g/mol. The van der Waals surface area contributed by atoms with E-state index in [-0.39, 0.29) is 5.91 Å². The zero-order valence-electron chi connectivity index (χ0n) is 10.6. The van der Waals surface area contributed by atoms with Crippen LogP contribution in [-0.4, -0.2) is 26.7 Å². The second-order valence-corrected chi connectivity index (χ2v) is 3.48. The molecule has 0 atom stereocenters. The van der Waals surface area contributed by atoms with Crippen molar-refractivity contribution in [1.82, 2.24) is 5.32 Å². The molecular formula is C14H17NO3. The van der Waals surface area contributed by atoms with E-state index in [2.05, 4.69) is 11.9 Å². The third-order valence-corrected chi connectivity index (χ3v) is 2.26. The molecule has 1 aromatic rings. The van der Waals surface area contributed by atoms with Crippen LogP contribution in [0.15, 0.2) is 36.9 Å². The lowest BCUT2D eigenvalue weighted by molar-refractivity contribution is -0.116. The summed E-state index contributed by atoms with van der Waals surface area (Å²) >= 11 is 0. The van der Waals surface area contributed by atoms with Gasteiger partial charge in [-0.3, -0.25) is 4.79 Å². The Hall–Kier alpha value is -2.23. The number of hydrogen-bond acceptors (Lipinski definition) is 3. The number of hydrogen-bond donors (Lipinski definition) is 1. The highest BCUT2D eigenvalue weighted by molar-refractivity contribution is 5.91. The predicted molar refractivity (Wildman–Crippen MR) is 71.8 cm³/mol. The zero-order chi connectivity index (χ0) is 13.4. The summed E-state index contributed by atoms with van der Waals surface area (Å²) < 4.78 is 10.3. The summed E-state index contributed by atoms with van der Waals surface area (Å²) in [5.74, 6) is 1.13. The highest BCUT2D eigenvalue weighted by Gasteiger charge is 2.02. The quantitative estimate of drug-likeness (QED) is 0.618. The van der Waals surface area contributed by atoms with E-state index < -0.39 is 0 Å². The van der Waals surface area contributed by atoms with E-state index in [4.69, 9.17) is 9.47 Å². The molecular weight excluding hydrogens is 230 g/mol. The highest BCUT2D eigenvalue weighted by atomic mass is 16.5. The standard InChI is InChI=1S/C14H17NO3/c1-4-9-15-14(16)8-6-11-5-7-12(17-2)13(10-11)18-3/h4-8,10H,1,9H2,2-3H3,(H,15,16). The first kappa shape index (κ1) is 13.8. The lowest BCUT2D eigenvalue weighted by atomic mass is 10.2. The number of amides is 1. The van der Waals surface area contributed by atoms with Crippen LogP contribution in [0.5, 0.6) is 11.5 Å². The molecule has 4 nitrogen and oxygen atoms in total. The molecule has 0 aromatic heterocycles. The van der Waals surface area contributed by atoms with Crippen molar-refractivity contribution in [2.24, 2.45) is 0 Å². The Kier molecular flexibility index (Phi) is 5.51. The SMILES string of the molecule is C=CCNC(=O)C=Cc1ccc(OC)c(OC)c1. The molecule has 0 spiro atoms. The van der Waals surface area contributed by atoms with E-state index in [9.17, 15) is 4.79 Å². The van der Waals surface area contributed by atoms with E-state index in [0.717, 1.165) is 5.56 Å². The first-order valence-electron chi connectivity index (χ1n) is 5.50. The van der Waals surface area contributed by atoms with Crippen LogP contribution in [0.4, 0.5) is 0 Å². The van der Waals surface area contributed by atoms with Crippen LogP contribution < -0.4 is 14.8 Å². The summed E-state index contributed by atoms with van der Waals surface area (Å²) in [6.45, 7) is 3.98. The minimum Gasteiger partial charge on any atom is -0.493 e. The minimum absolute atomic E-state index is 0.162. The van der Waals surface area contributed by atoms with E-state index in [0.29, 0.717) is 18.0 Å². The third-order valence-electron chi connectivity index (χ3n) is 2.26. The van der Waals surface area contributed by atoms with Crippen molar-refractivity contribution in [1.29, 1.82) is 0 Å². The fourth-order valence-electron chi connectivity index (χ4n) is 1.36. The fraction of sp³-hybridized carbons (Fsp3) is 0.214. The van der Waals surface area contributed by atoms with Crippen molar-refractivity contribution in [3.05, 3.63) is 42.5 Å². The van der Waals surface area contributed by atoms with Crippen LogP contribution in [0.25, 0.3) is 6.08 Å². The van der Waals surface area contributed by atoms with Crippen LogP contribution >= 0.6 is 0 Å². The molecule has 0 unspecified atom stereocenters. The van der Waals surface area contributed by atoms with Crippen LogP contribution in [0.3, 0.4) is 0 Å². The molecule has 18 heavy (non-hydrogen) atoms. The number of methoxy groups -OCH3 is 2. The topological polar surface area (TPSA) is 47.6 Å². The van der Waals surface area contributed by atoms with Gasteiger partial charge in [0.15, 0.2) is 11.5 Å². The Morgan fingerprint density at radius 1 is 1.33 bits per heavy atom. The maximum absolute atomic E-state index is 11.4. The normalized spacial score (nSPS) is 10.1. The summed E-state index contributed by atoms with van der Waals surface area (Å²) in [7, 11) is 3.15. The second-order valence-electron chi connectivity index (χ2n) is 3.48.